The van der Waals surface area contributed by atoms with Crippen LogP contribution in [-0.2, 0) is 4.79 Å². The molecule has 0 atom stereocenters. The number of carbonyl (C=O) groups excluding carboxylic acids is 2. The summed E-state index contributed by atoms with van der Waals surface area (Å²) >= 11 is 6.07. The van der Waals surface area contributed by atoms with E-state index in [1.165, 1.54) is 17.0 Å². The van der Waals surface area contributed by atoms with Crippen LogP contribution in [0.4, 0.5) is 10.2 Å². The molecule has 0 saturated heterocycles. The Hall–Kier alpha value is -3.97. The van der Waals surface area contributed by atoms with Crippen molar-refractivity contribution in [1.29, 1.82) is 0 Å². The van der Waals surface area contributed by atoms with Crippen LogP contribution in [0.25, 0.3) is 16.9 Å². The second-order valence-corrected chi connectivity index (χ2v) is 8.74. The lowest BCUT2D eigenvalue weighted by Gasteiger charge is -2.22. The van der Waals surface area contributed by atoms with Crippen LogP contribution in [0.3, 0.4) is 0 Å². The molecule has 8 heteroatoms. The van der Waals surface area contributed by atoms with Crippen LogP contribution in [0, 0.1) is 5.82 Å². The first-order valence-corrected chi connectivity index (χ1v) is 12.1. The monoisotopic (exact) mass is 504 g/mol. The molecule has 0 aliphatic heterocycles. The molecule has 6 nitrogen and oxygen atoms in total. The van der Waals surface area contributed by atoms with Gasteiger partial charge in [0.1, 0.15) is 18.2 Å². The predicted molar refractivity (Wildman–Crippen MR) is 140 cm³/mol. The highest BCUT2D eigenvalue weighted by Crippen LogP contribution is 2.25. The number of benzene rings is 3. The van der Waals surface area contributed by atoms with Gasteiger partial charge in [-0.25, -0.2) is 9.07 Å². The lowest BCUT2D eigenvalue weighted by Crippen LogP contribution is -2.39. The summed E-state index contributed by atoms with van der Waals surface area (Å²) in [6.45, 7) is 2.32. The Balaban J connectivity index is 1.60. The molecule has 4 rings (SSSR count). The first kappa shape index (κ1) is 25.1. The van der Waals surface area contributed by atoms with Crippen molar-refractivity contribution < 1.29 is 14.0 Å². The van der Waals surface area contributed by atoms with E-state index in [2.05, 4.69) is 10.4 Å². The minimum Gasteiger partial charge on any atom is -0.329 e. The summed E-state index contributed by atoms with van der Waals surface area (Å²) < 4.78 is 15.1. The molecule has 1 N–H and O–H groups in total. The molecule has 3 aromatic carbocycles. The van der Waals surface area contributed by atoms with Crippen molar-refractivity contribution in [3.63, 3.8) is 0 Å². The van der Waals surface area contributed by atoms with Crippen LogP contribution in [0.5, 0.6) is 0 Å². The first-order valence-electron chi connectivity index (χ1n) is 11.7. The number of halogens is 2. The minimum absolute atomic E-state index is 0.138. The van der Waals surface area contributed by atoms with Crippen LogP contribution in [0.2, 0.25) is 5.02 Å². The number of carbonyl (C=O) groups is 2. The minimum atomic E-state index is -0.371. The molecule has 1 heterocycles. The maximum Gasteiger partial charge on any atom is 0.254 e. The summed E-state index contributed by atoms with van der Waals surface area (Å²) in [5.41, 5.74) is 2.53. The molecule has 2 amide bonds. The summed E-state index contributed by atoms with van der Waals surface area (Å²) in [7, 11) is 0. The zero-order valence-corrected chi connectivity index (χ0v) is 20.6. The summed E-state index contributed by atoms with van der Waals surface area (Å²) in [4.78, 5) is 27.8. The van der Waals surface area contributed by atoms with Crippen molar-refractivity contribution in [2.75, 3.05) is 18.4 Å². The molecule has 0 fully saturated rings. The van der Waals surface area contributed by atoms with Crippen LogP contribution in [-0.4, -0.2) is 39.6 Å². The number of nitrogens with one attached hydrogen (secondary N) is 1. The maximum absolute atomic E-state index is 13.5. The van der Waals surface area contributed by atoms with Crippen molar-refractivity contribution >= 4 is 29.2 Å². The van der Waals surface area contributed by atoms with Gasteiger partial charge in [0.15, 0.2) is 0 Å². The predicted octanol–water partition coefficient (Wildman–Crippen LogP) is 6.21. The number of anilines is 1. The highest BCUT2D eigenvalue weighted by Gasteiger charge is 2.21. The van der Waals surface area contributed by atoms with Crippen LogP contribution < -0.4 is 5.32 Å². The van der Waals surface area contributed by atoms with E-state index in [4.69, 9.17) is 11.6 Å². The van der Waals surface area contributed by atoms with Gasteiger partial charge in [-0.3, -0.25) is 9.59 Å². The van der Waals surface area contributed by atoms with Gasteiger partial charge in [-0.15, -0.1) is 0 Å². The Kier molecular flexibility index (Phi) is 8.13. The third-order valence-electron chi connectivity index (χ3n) is 5.59. The average Bonchev–Trinajstić information content (AvgIpc) is 3.30. The molecule has 0 aliphatic rings. The average molecular weight is 505 g/mol. The fourth-order valence-corrected chi connectivity index (χ4v) is 3.95. The van der Waals surface area contributed by atoms with Gasteiger partial charge in [-0.1, -0.05) is 61.3 Å². The van der Waals surface area contributed by atoms with E-state index >= 15 is 0 Å². The quantitative estimate of drug-likeness (QED) is 0.294. The number of hydrogen-bond acceptors (Lipinski definition) is 3. The molecule has 0 bridgehead atoms. The molecule has 4 aromatic rings. The fraction of sp³-hybridized carbons (Fsp3) is 0.179. The van der Waals surface area contributed by atoms with Gasteiger partial charge in [0, 0.05) is 28.8 Å². The van der Waals surface area contributed by atoms with Crippen molar-refractivity contribution in [3.8, 4) is 16.9 Å². The van der Waals surface area contributed by atoms with Crippen molar-refractivity contribution in [3.05, 3.63) is 101 Å². The normalized spacial score (nSPS) is 10.8. The standard InChI is InChI=1S/C28H26ClFN4O2/c1-2-3-16-33(28(36)21-10-7-11-22(29)17-21)19-27(35)31-26-18-25(20-8-5-4-6-9-20)32-34(26)24-14-12-23(30)13-15-24/h4-15,17-18H,2-3,16,19H2,1H3,(H,31,35). The molecule has 36 heavy (non-hydrogen) atoms. The second kappa shape index (κ2) is 11.6. The van der Waals surface area contributed by atoms with Gasteiger partial charge < -0.3 is 10.2 Å². The van der Waals surface area contributed by atoms with E-state index < -0.39 is 0 Å². The van der Waals surface area contributed by atoms with E-state index in [0.717, 1.165) is 18.4 Å². The Morgan fingerprint density at radius 1 is 1.00 bits per heavy atom. The third kappa shape index (κ3) is 6.17. The summed E-state index contributed by atoms with van der Waals surface area (Å²) in [6, 6.07) is 23.8. The molecule has 0 aliphatic carbocycles. The van der Waals surface area contributed by atoms with Gasteiger partial charge in [0.25, 0.3) is 5.91 Å². The van der Waals surface area contributed by atoms with Crippen molar-refractivity contribution in [2.45, 2.75) is 19.8 Å². The smallest absolute Gasteiger partial charge is 0.254 e. The lowest BCUT2D eigenvalue weighted by molar-refractivity contribution is -0.116. The second-order valence-electron chi connectivity index (χ2n) is 8.31. The summed E-state index contributed by atoms with van der Waals surface area (Å²) in [5.74, 6) is -0.593. The number of rotatable bonds is 9. The zero-order chi connectivity index (χ0) is 25.5. The maximum atomic E-state index is 13.5. The van der Waals surface area contributed by atoms with Gasteiger partial charge in [-0.2, -0.15) is 5.10 Å². The SMILES string of the molecule is CCCCN(CC(=O)Nc1cc(-c2ccccc2)nn1-c1ccc(F)cc1)C(=O)c1cccc(Cl)c1. The number of nitrogens with zero attached hydrogens (tertiary/aromatic N) is 3. The topological polar surface area (TPSA) is 67.2 Å². The molecule has 0 unspecified atom stereocenters. The molecule has 184 valence electrons. The Morgan fingerprint density at radius 3 is 2.44 bits per heavy atom. The molecule has 0 spiro atoms. The number of amides is 2. The van der Waals surface area contributed by atoms with Crippen molar-refractivity contribution in [1.82, 2.24) is 14.7 Å². The third-order valence-corrected chi connectivity index (χ3v) is 5.83. The Bertz CT molecular complexity index is 1340. The van der Waals surface area contributed by atoms with E-state index in [1.807, 2.05) is 37.3 Å². The van der Waals surface area contributed by atoms with Crippen molar-refractivity contribution in [2.24, 2.45) is 0 Å². The van der Waals surface area contributed by atoms with Gasteiger partial charge in [0.05, 0.1) is 11.4 Å². The summed E-state index contributed by atoms with van der Waals surface area (Å²) in [6.07, 6.45) is 1.63. The van der Waals surface area contributed by atoms with Crippen LogP contribution in [0.1, 0.15) is 30.1 Å². The molecule has 0 radical (unpaired) electrons. The van der Waals surface area contributed by atoms with E-state index in [1.54, 1.807) is 47.1 Å². The van der Waals surface area contributed by atoms with Gasteiger partial charge in [-0.05, 0) is 48.9 Å². The fourth-order valence-electron chi connectivity index (χ4n) is 3.76. The largest absolute Gasteiger partial charge is 0.329 e. The van der Waals surface area contributed by atoms with Crippen LogP contribution in [0.15, 0.2) is 84.9 Å². The summed E-state index contributed by atoms with van der Waals surface area (Å²) in [5, 5.41) is 7.98. The van der Waals surface area contributed by atoms with E-state index in [9.17, 15) is 14.0 Å². The first-order chi connectivity index (χ1) is 17.4. The number of hydrogen-bond donors (Lipinski definition) is 1. The molecule has 1 aromatic heterocycles. The Morgan fingerprint density at radius 2 is 1.75 bits per heavy atom. The lowest BCUT2D eigenvalue weighted by atomic mass is 10.1. The van der Waals surface area contributed by atoms with Gasteiger partial charge >= 0.3 is 0 Å². The number of unbranched alkanes of at least 4 members (excludes halogenated alkanes) is 1. The number of aromatic nitrogens is 2. The molecular weight excluding hydrogens is 479 g/mol. The van der Waals surface area contributed by atoms with Gasteiger partial charge in [0.2, 0.25) is 5.91 Å². The molecule has 0 saturated carbocycles. The molecular formula is C28H26ClFN4O2. The van der Waals surface area contributed by atoms with Crippen LogP contribution >= 0.6 is 11.6 Å². The zero-order valence-electron chi connectivity index (χ0n) is 19.8. The Labute approximate surface area is 214 Å². The van der Waals surface area contributed by atoms with E-state index in [0.29, 0.717) is 34.3 Å². The highest BCUT2D eigenvalue weighted by atomic mass is 35.5. The van der Waals surface area contributed by atoms with E-state index in [-0.39, 0.29) is 24.2 Å². The highest BCUT2D eigenvalue weighted by molar-refractivity contribution is 6.31.